The van der Waals surface area contributed by atoms with Crippen LogP contribution in [0.15, 0.2) is 12.4 Å². The molecule has 1 fully saturated rings. The van der Waals surface area contributed by atoms with Crippen molar-refractivity contribution in [2.45, 2.75) is 13.5 Å². The maximum absolute atomic E-state index is 11.8. The van der Waals surface area contributed by atoms with Crippen LogP contribution in [0.3, 0.4) is 0 Å². The number of carboxylic acid groups (broad SMARTS) is 1. The fraction of sp³-hybridized carbons (Fsp3) is 0.545. The van der Waals surface area contributed by atoms with E-state index in [9.17, 15) is 9.59 Å². The van der Waals surface area contributed by atoms with Gasteiger partial charge >= 0.3 is 12.0 Å². The van der Waals surface area contributed by atoms with Crippen LogP contribution in [0.4, 0.5) is 4.79 Å². The van der Waals surface area contributed by atoms with E-state index < -0.39 is 11.9 Å². The van der Waals surface area contributed by atoms with E-state index in [1.165, 1.54) is 4.90 Å². The van der Waals surface area contributed by atoms with Crippen molar-refractivity contribution in [1.29, 1.82) is 0 Å². The van der Waals surface area contributed by atoms with Gasteiger partial charge in [0.2, 0.25) is 0 Å². The first kappa shape index (κ1) is 12.4. The van der Waals surface area contributed by atoms with Crippen molar-refractivity contribution in [2.75, 3.05) is 13.1 Å². The van der Waals surface area contributed by atoms with Crippen LogP contribution in [0.5, 0.6) is 0 Å². The minimum atomic E-state index is -0.844. The molecule has 2 rings (SSSR count). The molecule has 7 nitrogen and oxygen atoms in total. The average Bonchev–Trinajstić information content (AvgIpc) is 2.94. The summed E-state index contributed by atoms with van der Waals surface area (Å²) < 4.78 is 0. The summed E-state index contributed by atoms with van der Waals surface area (Å²) in [5.74, 6) is -0.662. The first-order valence-electron chi connectivity index (χ1n) is 5.81. The van der Waals surface area contributed by atoms with Gasteiger partial charge in [0.15, 0.2) is 0 Å². The number of nitrogens with one attached hydrogen (secondary N) is 2. The van der Waals surface area contributed by atoms with E-state index in [1.54, 1.807) is 12.4 Å². The highest BCUT2D eigenvalue weighted by atomic mass is 16.4. The largest absolute Gasteiger partial charge is 0.481 e. The molecule has 7 heteroatoms. The Balaban J connectivity index is 1.85. The molecule has 2 heterocycles. The van der Waals surface area contributed by atoms with E-state index >= 15 is 0 Å². The van der Waals surface area contributed by atoms with Crippen molar-refractivity contribution in [3.05, 3.63) is 18.2 Å². The summed E-state index contributed by atoms with van der Waals surface area (Å²) in [5, 5.41) is 11.7. The molecule has 98 valence electrons. The van der Waals surface area contributed by atoms with Crippen molar-refractivity contribution < 1.29 is 14.7 Å². The van der Waals surface area contributed by atoms with Crippen molar-refractivity contribution in [2.24, 2.45) is 11.8 Å². The van der Waals surface area contributed by atoms with Gasteiger partial charge in [-0.15, -0.1) is 0 Å². The van der Waals surface area contributed by atoms with Gasteiger partial charge in [-0.05, 0) is 5.92 Å². The number of imidazole rings is 1. The molecule has 0 bridgehead atoms. The molecule has 1 aliphatic rings. The first-order valence-corrected chi connectivity index (χ1v) is 5.81. The molecule has 2 atom stereocenters. The third-order valence-electron chi connectivity index (χ3n) is 3.18. The Hall–Kier alpha value is -2.05. The molecule has 0 aliphatic carbocycles. The molecule has 3 N–H and O–H groups in total. The topological polar surface area (TPSA) is 98.3 Å². The highest BCUT2D eigenvalue weighted by Gasteiger charge is 2.36. The van der Waals surface area contributed by atoms with Crippen molar-refractivity contribution in [1.82, 2.24) is 20.2 Å². The number of rotatable bonds is 3. The van der Waals surface area contributed by atoms with Gasteiger partial charge in [0.05, 0.1) is 12.5 Å². The van der Waals surface area contributed by atoms with Crippen LogP contribution in [0, 0.1) is 11.8 Å². The molecular weight excluding hydrogens is 236 g/mol. The molecule has 1 saturated heterocycles. The SMILES string of the molecule is CC1CN(C(=O)NCc2ncc[nH]2)CC1C(=O)O. The Morgan fingerprint density at radius 2 is 2.39 bits per heavy atom. The van der Waals surface area contributed by atoms with Crippen molar-refractivity contribution >= 4 is 12.0 Å². The fourth-order valence-electron chi connectivity index (χ4n) is 2.12. The Labute approximate surface area is 104 Å². The van der Waals surface area contributed by atoms with E-state index in [2.05, 4.69) is 15.3 Å². The summed E-state index contributed by atoms with van der Waals surface area (Å²) in [4.78, 5) is 31.2. The minimum Gasteiger partial charge on any atom is -0.481 e. The van der Waals surface area contributed by atoms with Crippen LogP contribution in [0.2, 0.25) is 0 Å². The van der Waals surface area contributed by atoms with E-state index in [-0.39, 0.29) is 18.5 Å². The van der Waals surface area contributed by atoms with Crippen LogP contribution in [-0.4, -0.2) is 45.1 Å². The number of H-pyrrole nitrogens is 1. The number of hydrogen-bond acceptors (Lipinski definition) is 3. The average molecular weight is 252 g/mol. The molecule has 1 aliphatic heterocycles. The number of aromatic nitrogens is 2. The second kappa shape index (κ2) is 5.07. The second-order valence-corrected chi connectivity index (χ2v) is 4.52. The van der Waals surface area contributed by atoms with Gasteiger partial charge in [-0.1, -0.05) is 6.92 Å². The lowest BCUT2D eigenvalue weighted by molar-refractivity contribution is -0.142. The number of aliphatic carboxylic acids is 1. The molecule has 0 aromatic carbocycles. The third-order valence-corrected chi connectivity index (χ3v) is 3.18. The summed E-state index contributed by atoms with van der Waals surface area (Å²) in [6, 6.07) is -0.248. The van der Waals surface area contributed by atoms with Gasteiger partial charge < -0.3 is 20.3 Å². The molecule has 1 aromatic heterocycles. The summed E-state index contributed by atoms with van der Waals surface area (Å²) >= 11 is 0. The van der Waals surface area contributed by atoms with Gasteiger partial charge in [0.1, 0.15) is 5.82 Å². The number of urea groups is 1. The van der Waals surface area contributed by atoms with Crippen LogP contribution >= 0.6 is 0 Å². The molecule has 0 saturated carbocycles. The van der Waals surface area contributed by atoms with E-state index in [0.29, 0.717) is 18.9 Å². The van der Waals surface area contributed by atoms with Crippen LogP contribution in [0.1, 0.15) is 12.7 Å². The molecule has 2 amide bonds. The van der Waals surface area contributed by atoms with E-state index in [4.69, 9.17) is 5.11 Å². The maximum Gasteiger partial charge on any atom is 0.317 e. The standard InChI is InChI=1S/C11H16N4O3/c1-7-5-15(6-8(7)10(16)17)11(18)14-4-9-12-2-3-13-9/h2-3,7-8H,4-6H2,1H3,(H,12,13)(H,14,18)(H,16,17). The molecule has 0 spiro atoms. The Kier molecular flexibility index (Phi) is 3.50. The van der Waals surface area contributed by atoms with Gasteiger partial charge in [-0.3, -0.25) is 4.79 Å². The molecule has 18 heavy (non-hydrogen) atoms. The lowest BCUT2D eigenvalue weighted by atomic mass is 9.99. The predicted octanol–water partition coefficient (Wildman–Crippen LogP) is 0.272. The zero-order valence-electron chi connectivity index (χ0n) is 10.1. The summed E-state index contributed by atoms with van der Waals surface area (Å²) in [7, 11) is 0. The number of carboxylic acids is 1. The van der Waals surface area contributed by atoms with Crippen LogP contribution < -0.4 is 5.32 Å². The number of carbonyl (C=O) groups is 2. The minimum absolute atomic E-state index is 0.0168. The van der Waals surface area contributed by atoms with Gasteiger partial charge in [-0.2, -0.15) is 0 Å². The number of likely N-dealkylation sites (tertiary alicyclic amines) is 1. The second-order valence-electron chi connectivity index (χ2n) is 4.52. The molecular formula is C11H16N4O3. The highest BCUT2D eigenvalue weighted by Crippen LogP contribution is 2.22. The number of nitrogens with zero attached hydrogens (tertiary/aromatic N) is 2. The lowest BCUT2D eigenvalue weighted by Gasteiger charge is -2.16. The van der Waals surface area contributed by atoms with Crippen LogP contribution in [0.25, 0.3) is 0 Å². The Bertz CT molecular complexity index is 432. The zero-order chi connectivity index (χ0) is 13.1. The highest BCUT2D eigenvalue weighted by molar-refractivity contribution is 5.77. The van der Waals surface area contributed by atoms with Crippen molar-refractivity contribution in [3.8, 4) is 0 Å². The number of aromatic amines is 1. The van der Waals surface area contributed by atoms with Gasteiger partial charge in [0.25, 0.3) is 0 Å². The zero-order valence-corrected chi connectivity index (χ0v) is 10.1. The number of amides is 2. The van der Waals surface area contributed by atoms with Gasteiger partial charge in [0, 0.05) is 25.5 Å². The predicted molar refractivity (Wildman–Crippen MR) is 62.7 cm³/mol. The normalized spacial score (nSPS) is 23.1. The molecule has 0 radical (unpaired) electrons. The number of carbonyl (C=O) groups excluding carboxylic acids is 1. The quantitative estimate of drug-likeness (QED) is 0.719. The van der Waals surface area contributed by atoms with Gasteiger partial charge in [-0.25, -0.2) is 9.78 Å². The Morgan fingerprint density at radius 3 is 2.94 bits per heavy atom. The number of hydrogen-bond donors (Lipinski definition) is 3. The fourth-order valence-corrected chi connectivity index (χ4v) is 2.12. The smallest absolute Gasteiger partial charge is 0.317 e. The molecule has 2 unspecified atom stereocenters. The van der Waals surface area contributed by atoms with Crippen LogP contribution in [-0.2, 0) is 11.3 Å². The summed E-state index contributed by atoms with van der Waals surface area (Å²) in [6.07, 6.45) is 3.29. The van der Waals surface area contributed by atoms with Crippen molar-refractivity contribution in [3.63, 3.8) is 0 Å². The third kappa shape index (κ3) is 2.61. The Morgan fingerprint density at radius 1 is 1.61 bits per heavy atom. The van der Waals surface area contributed by atoms with E-state index in [1.807, 2.05) is 6.92 Å². The molecule has 1 aromatic rings. The monoisotopic (exact) mass is 252 g/mol. The first-order chi connectivity index (χ1) is 8.58. The maximum atomic E-state index is 11.8. The lowest BCUT2D eigenvalue weighted by Crippen LogP contribution is -2.38. The summed E-state index contributed by atoms with van der Waals surface area (Å²) in [6.45, 7) is 2.90. The van der Waals surface area contributed by atoms with E-state index in [0.717, 1.165) is 0 Å². The summed E-state index contributed by atoms with van der Waals surface area (Å²) in [5.41, 5.74) is 0.